The maximum atomic E-state index is 7.85. The molecule has 0 aliphatic carbocycles. The molecule has 0 nitrogen and oxygen atoms in total. The van der Waals surface area contributed by atoms with Gasteiger partial charge in [-0.05, 0) is 0 Å². The summed E-state index contributed by atoms with van der Waals surface area (Å²) < 4.78 is 3.89. The monoisotopic (exact) mass is 384 g/mol. The summed E-state index contributed by atoms with van der Waals surface area (Å²) in [5, 5.41) is 1.01. The Morgan fingerprint density at radius 3 is 1.17 bits per heavy atom. The van der Waals surface area contributed by atoms with E-state index in [4.69, 9.17) is 9.95 Å². The molecule has 3 aromatic rings. The molecule has 0 aliphatic heterocycles. The van der Waals surface area contributed by atoms with Crippen LogP contribution in [0.15, 0.2) is 91.0 Å². The summed E-state index contributed by atoms with van der Waals surface area (Å²) in [6, 6.07) is 32.2. The molecule has 0 heterocycles. The number of rotatable bonds is 5. The molecule has 0 bridgehead atoms. The average Bonchev–Trinajstić information content (AvgIpc) is 2.64. The fourth-order valence-corrected chi connectivity index (χ4v) is 16.4. The van der Waals surface area contributed by atoms with Gasteiger partial charge in [0.1, 0.15) is 0 Å². The van der Waals surface area contributed by atoms with Crippen molar-refractivity contribution in [3.05, 3.63) is 91.0 Å². The predicted octanol–water partition coefficient (Wildman–Crippen LogP) is 4.26. The van der Waals surface area contributed by atoms with Crippen LogP contribution in [-0.2, 0) is 0 Å². The van der Waals surface area contributed by atoms with Crippen molar-refractivity contribution in [1.82, 2.24) is 0 Å². The van der Waals surface area contributed by atoms with E-state index >= 15 is 0 Å². The van der Waals surface area contributed by atoms with Gasteiger partial charge in [-0.2, -0.15) is 0 Å². The molecule has 2 heteroatoms. The zero-order valence-corrected chi connectivity index (χ0v) is 16.0. The van der Waals surface area contributed by atoms with Gasteiger partial charge in [0.2, 0.25) is 0 Å². The molecule has 0 aliphatic rings. The van der Waals surface area contributed by atoms with Gasteiger partial charge >= 0.3 is 144 Å². The van der Waals surface area contributed by atoms with Crippen LogP contribution in [0.4, 0.5) is 0 Å². The van der Waals surface area contributed by atoms with E-state index in [0.717, 1.165) is 11.6 Å². The van der Waals surface area contributed by atoms with Gasteiger partial charge in [0.05, 0.1) is 0 Å². The maximum absolute atomic E-state index is 7.85. The van der Waals surface area contributed by atoms with Crippen molar-refractivity contribution in [2.45, 2.75) is 18.6 Å². The zero-order valence-electron chi connectivity index (χ0n) is 13.4. The van der Waals surface area contributed by atoms with Crippen LogP contribution in [0.5, 0.6) is 0 Å². The molecule has 0 aromatic heterocycles. The van der Waals surface area contributed by atoms with Crippen LogP contribution in [-0.4, -0.2) is 11.5 Å². The van der Waals surface area contributed by atoms with E-state index in [0.29, 0.717) is 0 Å². The Hall–Kier alpha value is -1.49. The van der Waals surface area contributed by atoms with Gasteiger partial charge < -0.3 is 0 Å². The normalized spacial score (nSPS) is 13.2. The molecule has 0 saturated heterocycles. The molecule has 3 aromatic carbocycles. The Labute approximate surface area is 143 Å². The summed E-state index contributed by atoms with van der Waals surface area (Å²) in [7, 11) is 7.85. The van der Waals surface area contributed by atoms with Crippen molar-refractivity contribution in [3.63, 3.8) is 0 Å². The second-order valence-corrected chi connectivity index (χ2v) is 18.9. The fourth-order valence-electron chi connectivity index (χ4n) is 3.47. The first kappa shape index (κ1) is 16.4. The van der Waals surface area contributed by atoms with Crippen molar-refractivity contribution in [2.24, 2.45) is 0 Å². The van der Waals surface area contributed by atoms with Gasteiger partial charge in [0.15, 0.2) is 0 Å². The van der Waals surface area contributed by atoms with Gasteiger partial charge in [-0.1, -0.05) is 0 Å². The average molecular weight is 385 g/mol. The van der Waals surface area contributed by atoms with E-state index in [9.17, 15) is 0 Å². The molecule has 23 heavy (non-hydrogen) atoms. The van der Waals surface area contributed by atoms with Crippen molar-refractivity contribution in [1.29, 1.82) is 0 Å². The Balaban J connectivity index is 2.41. The Bertz CT molecular complexity index is 654. The fraction of sp³-hybridized carbons (Fsp3) is 0.143. The van der Waals surface area contributed by atoms with Crippen molar-refractivity contribution < 1.29 is 0 Å². The van der Waals surface area contributed by atoms with Crippen molar-refractivity contribution >= 4 is 34.5 Å². The van der Waals surface area contributed by atoms with E-state index in [2.05, 4.69) is 97.9 Å². The van der Waals surface area contributed by atoms with Crippen molar-refractivity contribution in [3.8, 4) is 0 Å². The van der Waals surface area contributed by atoms with E-state index in [1.54, 1.807) is 0 Å². The van der Waals surface area contributed by atoms with Crippen LogP contribution >= 0.6 is 9.95 Å². The molecule has 118 valence electrons. The SMILES string of the molecule is CCC[As](Cl)(c1ccccc1)(c1ccccc1)c1ccccc1. The van der Waals surface area contributed by atoms with Crippen molar-refractivity contribution in [2.75, 3.05) is 0 Å². The van der Waals surface area contributed by atoms with Crippen LogP contribution in [0.25, 0.3) is 0 Å². The Kier molecular flexibility index (Phi) is 4.66. The predicted molar refractivity (Wildman–Crippen MR) is 105 cm³/mol. The summed E-state index contributed by atoms with van der Waals surface area (Å²) in [6.07, 6.45) is 1.06. The van der Waals surface area contributed by atoms with Gasteiger partial charge in [-0.25, -0.2) is 0 Å². The summed E-state index contributed by atoms with van der Waals surface area (Å²) in [4.78, 5) is 0. The molecular weight excluding hydrogens is 363 g/mol. The first-order valence-corrected chi connectivity index (χ1v) is 14.7. The summed E-state index contributed by atoms with van der Waals surface area (Å²) in [5.41, 5.74) is 0. The summed E-state index contributed by atoms with van der Waals surface area (Å²) >= 11 is -3.65. The number of benzene rings is 3. The first-order valence-electron chi connectivity index (χ1n) is 8.10. The second kappa shape index (κ2) is 6.55. The zero-order chi connectivity index (χ0) is 16.2. The van der Waals surface area contributed by atoms with Gasteiger partial charge in [-0.15, -0.1) is 0 Å². The third-order valence-corrected chi connectivity index (χ3v) is 19.8. The molecule has 0 spiro atoms. The van der Waals surface area contributed by atoms with Crippen LogP contribution in [0.3, 0.4) is 0 Å². The third-order valence-electron chi connectivity index (χ3n) is 4.53. The summed E-state index contributed by atoms with van der Waals surface area (Å²) in [6.45, 7) is 2.23. The molecule has 3 rings (SSSR count). The van der Waals surface area contributed by atoms with Crippen LogP contribution in [0.1, 0.15) is 13.3 Å². The molecular formula is C21H22AsCl. The van der Waals surface area contributed by atoms with E-state index in [-0.39, 0.29) is 0 Å². The van der Waals surface area contributed by atoms with Crippen LogP contribution < -0.4 is 13.1 Å². The Morgan fingerprint density at radius 2 is 0.913 bits per heavy atom. The standard InChI is InChI=1S/C21H22AsCl/c1-2-18-22(23,19-12-6-3-7-13-19,20-14-8-4-9-15-20)21-16-10-5-11-17-21/h3-17H,2,18H2,1H3. The third kappa shape index (κ3) is 2.65. The van der Waals surface area contributed by atoms with Gasteiger partial charge in [-0.3, -0.25) is 0 Å². The minimum absolute atomic E-state index is 1.01. The van der Waals surface area contributed by atoms with Gasteiger partial charge in [0.25, 0.3) is 0 Å². The minimum atomic E-state index is -3.65. The number of hydrogen-bond donors (Lipinski definition) is 0. The molecule has 0 N–H and O–H groups in total. The van der Waals surface area contributed by atoms with E-state index in [1.165, 1.54) is 13.1 Å². The number of halogens is 1. The quantitative estimate of drug-likeness (QED) is 0.577. The van der Waals surface area contributed by atoms with Gasteiger partial charge in [0, 0.05) is 0 Å². The summed E-state index contributed by atoms with van der Waals surface area (Å²) in [5.74, 6) is 0. The van der Waals surface area contributed by atoms with Crippen LogP contribution in [0, 0.1) is 0 Å². The molecule has 0 fully saturated rings. The topological polar surface area (TPSA) is 0 Å². The van der Waals surface area contributed by atoms with E-state index < -0.39 is 11.5 Å². The second-order valence-electron chi connectivity index (χ2n) is 5.91. The molecule has 0 unspecified atom stereocenters. The molecule has 0 atom stereocenters. The number of hydrogen-bond acceptors (Lipinski definition) is 0. The Morgan fingerprint density at radius 1 is 0.609 bits per heavy atom. The molecule has 0 amide bonds. The molecule has 0 radical (unpaired) electrons. The van der Waals surface area contributed by atoms with Crippen LogP contribution in [0.2, 0.25) is 5.21 Å². The molecule has 0 saturated carbocycles. The first-order chi connectivity index (χ1) is 11.2. The van der Waals surface area contributed by atoms with E-state index in [1.807, 2.05) is 0 Å².